The van der Waals surface area contributed by atoms with Gasteiger partial charge in [0.25, 0.3) is 0 Å². The van der Waals surface area contributed by atoms with Gasteiger partial charge in [-0.1, -0.05) is 232 Å². The first-order valence-electron chi connectivity index (χ1n) is 22.6. The lowest BCUT2D eigenvalue weighted by molar-refractivity contribution is -0.152. The SMILES string of the molecule is CCCCCCCCCCCCCCCCCCCCCC(=O)OCC(O)COC(=O)CCCCCCCCCCCCCCCCCCC. The molecule has 0 radical (unpaired) electrons. The van der Waals surface area contributed by atoms with Crippen LogP contribution in [0.2, 0.25) is 0 Å². The van der Waals surface area contributed by atoms with E-state index in [0.717, 1.165) is 25.7 Å². The average Bonchev–Trinajstić information content (AvgIpc) is 3.12. The Bertz CT molecular complexity index is 680. The first-order valence-corrected chi connectivity index (χ1v) is 22.6. The molecule has 0 aliphatic heterocycles. The van der Waals surface area contributed by atoms with Crippen molar-refractivity contribution in [3.8, 4) is 0 Å². The summed E-state index contributed by atoms with van der Waals surface area (Å²) in [5.74, 6) is -0.545. The molecule has 5 nitrogen and oxygen atoms in total. The second-order valence-electron chi connectivity index (χ2n) is 15.5. The van der Waals surface area contributed by atoms with Gasteiger partial charge in [0.1, 0.15) is 19.3 Å². The Kier molecular flexibility index (Phi) is 41.4. The van der Waals surface area contributed by atoms with E-state index in [2.05, 4.69) is 13.8 Å². The predicted molar refractivity (Wildman–Crippen MR) is 215 cm³/mol. The molecule has 0 aromatic rings. The van der Waals surface area contributed by atoms with E-state index in [4.69, 9.17) is 9.47 Å². The van der Waals surface area contributed by atoms with Crippen LogP contribution in [0.5, 0.6) is 0 Å². The van der Waals surface area contributed by atoms with Crippen molar-refractivity contribution in [2.24, 2.45) is 0 Å². The molecule has 0 saturated heterocycles. The summed E-state index contributed by atoms with van der Waals surface area (Å²) in [7, 11) is 0. The third kappa shape index (κ3) is 41.3. The summed E-state index contributed by atoms with van der Waals surface area (Å²) in [5.41, 5.74) is 0. The molecule has 0 aliphatic carbocycles. The van der Waals surface area contributed by atoms with Crippen LogP contribution in [0.25, 0.3) is 0 Å². The lowest BCUT2D eigenvalue weighted by atomic mass is 10.0. The Morgan fingerprint density at radius 2 is 0.520 bits per heavy atom. The summed E-state index contributed by atoms with van der Waals surface area (Å²) in [4.78, 5) is 24.0. The largest absolute Gasteiger partial charge is 0.463 e. The molecule has 5 heteroatoms. The lowest BCUT2D eigenvalue weighted by Crippen LogP contribution is -2.25. The van der Waals surface area contributed by atoms with Gasteiger partial charge in [-0.05, 0) is 12.8 Å². The molecule has 0 amide bonds. The van der Waals surface area contributed by atoms with Gasteiger partial charge >= 0.3 is 11.9 Å². The fourth-order valence-corrected chi connectivity index (χ4v) is 6.91. The highest BCUT2D eigenvalue weighted by molar-refractivity contribution is 5.69. The van der Waals surface area contributed by atoms with E-state index in [9.17, 15) is 14.7 Å². The number of ether oxygens (including phenoxy) is 2. The molecule has 0 bridgehead atoms. The quantitative estimate of drug-likeness (QED) is 0.0505. The van der Waals surface area contributed by atoms with Gasteiger partial charge in [0.15, 0.2) is 0 Å². The number of unbranched alkanes of at least 4 members (excludes halogenated alkanes) is 34. The fourth-order valence-electron chi connectivity index (χ4n) is 6.91. The minimum Gasteiger partial charge on any atom is -0.463 e. The maximum atomic E-state index is 12.0. The number of hydrogen-bond donors (Lipinski definition) is 1. The number of aliphatic hydroxyl groups is 1. The van der Waals surface area contributed by atoms with Gasteiger partial charge in [0.2, 0.25) is 0 Å². The van der Waals surface area contributed by atoms with Gasteiger partial charge in [-0.25, -0.2) is 0 Å². The average molecular weight is 709 g/mol. The van der Waals surface area contributed by atoms with Crippen LogP contribution in [0.4, 0.5) is 0 Å². The van der Waals surface area contributed by atoms with Crippen LogP contribution < -0.4 is 0 Å². The number of carbonyl (C=O) groups excluding carboxylic acids is 2. The van der Waals surface area contributed by atoms with Crippen LogP contribution in [0.1, 0.15) is 258 Å². The van der Waals surface area contributed by atoms with E-state index in [1.807, 2.05) is 0 Å². The van der Waals surface area contributed by atoms with Gasteiger partial charge in [0.05, 0.1) is 0 Å². The van der Waals surface area contributed by atoms with Crippen molar-refractivity contribution in [3.63, 3.8) is 0 Å². The minimum absolute atomic E-state index is 0.107. The molecular formula is C45H88O5. The van der Waals surface area contributed by atoms with Crippen LogP contribution in [0.15, 0.2) is 0 Å². The van der Waals surface area contributed by atoms with E-state index >= 15 is 0 Å². The van der Waals surface area contributed by atoms with Crippen molar-refractivity contribution < 1.29 is 24.2 Å². The molecule has 1 unspecified atom stereocenters. The van der Waals surface area contributed by atoms with Crippen molar-refractivity contribution in [1.82, 2.24) is 0 Å². The molecule has 0 rings (SSSR count). The Balaban J connectivity index is 3.35. The summed E-state index contributed by atoms with van der Waals surface area (Å²) in [6.45, 7) is 4.35. The highest BCUT2D eigenvalue weighted by Gasteiger charge is 2.12. The fraction of sp³-hybridized carbons (Fsp3) is 0.956. The molecule has 0 spiro atoms. The smallest absolute Gasteiger partial charge is 0.305 e. The zero-order valence-electron chi connectivity index (χ0n) is 33.9. The minimum atomic E-state index is -0.955. The highest BCUT2D eigenvalue weighted by Crippen LogP contribution is 2.16. The Morgan fingerprint density at radius 3 is 0.720 bits per heavy atom. The Morgan fingerprint density at radius 1 is 0.340 bits per heavy atom. The maximum Gasteiger partial charge on any atom is 0.305 e. The van der Waals surface area contributed by atoms with Crippen LogP contribution in [0, 0.1) is 0 Å². The second-order valence-corrected chi connectivity index (χ2v) is 15.5. The molecule has 0 aromatic carbocycles. The van der Waals surface area contributed by atoms with Gasteiger partial charge in [-0.2, -0.15) is 0 Å². The summed E-state index contributed by atoms with van der Waals surface area (Å²) >= 11 is 0. The molecule has 0 saturated carbocycles. The second kappa shape index (κ2) is 42.3. The van der Waals surface area contributed by atoms with Crippen molar-refractivity contribution in [1.29, 1.82) is 0 Å². The van der Waals surface area contributed by atoms with Crippen LogP contribution in [-0.2, 0) is 19.1 Å². The molecule has 0 fully saturated rings. The number of rotatable bonds is 42. The molecule has 50 heavy (non-hydrogen) atoms. The third-order valence-corrected chi connectivity index (χ3v) is 10.3. The Hall–Kier alpha value is -1.10. The highest BCUT2D eigenvalue weighted by atomic mass is 16.6. The van der Waals surface area contributed by atoms with Crippen LogP contribution >= 0.6 is 0 Å². The molecular weight excluding hydrogens is 620 g/mol. The zero-order chi connectivity index (χ0) is 36.4. The van der Waals surface area contributed by atoms with Crippen molar-refractivity contribution in [3.05, 3.63) is 0 Å². The van der Waals surface area contributed by atoms with Crippen LogP contribution in [0.3, 0.4) is 0 Å². The normalized spacial score (nSPS) is 12.0. The zero-order valence-corrected chi connectivity index (χ0v) is 33.9. The van der Waals surface area contributed by atoms with Crippen molar-refractivity contribution in [2.45, 2.75) is 264 Å². The molecule has 0 aromatic heterocycles. The molecule has 298 valence electrons. The topological polar surface area (TPSA) is 72.8 Å². The first kappa shape index (κ1) is 48.9. The van der Waals surface area contributed by atoms with Gasteiger partial charge in [-0.15, -0.1) is 0 Å². The summed E-state index contributed by atoms with van der Waals surface area (Å²) in [6.07, 6.45) is 47.4. The van der Waals surface area contributed by atoms with E-state index in [1.165, 1.54) is 205 Å². The van der Waals surface area contributed by atoms with Crippen LogP contribution in [-0.4, -0.2) is 36.4 Å². The third-order valence-electron chi connectivity index (χ3n) is 10.3. The lowest BCUT2D eigenvalue weighted by Gasteiger charge is -2.12. The summed E-state index contributed by atoms with van der Waals surface area (Å²) in [6, 6.07) is 0. The summed E-state index contributed by atoms with van der Waals surface area (Å²) < 4.78 is 10.4. The van der Waals surface area contributed by atoms with Gasteiger partial charge in [0, 0.05) is 12.8 Å². The van der Waals surface area contributed by atoms with Crippen molar-refractivity contribution >= 4 is 11.9 Å². The first-order chi connectivity index (χ1) is 24.6. The van der Waals surface area contributed by atoms with Gasteiger partial charge < -0.3 is 14.6 Å². The molecule has 0 heterocycles. The van der Waals surface area contributed by atoms with Crippen molar-refractivity contribution in [2.75, 3.05) is 13.2 Å². The number of carbonyl (C=O) groups is 2. The molecule has 1 atom stereocenters. The number of hydrogen-bond acceptors (Lipinski definition) is 5. The number of aliphatic hydroxyl groups excluding tert-OH is 1. The van der Waals surface area contributed by atoms with E-state index < -0.39 is 6.10 Å². The number of esters is 2. The predicted octanol–water partition coefficient (Wildman–Crippen LogP) is 14.3. The van der Waals surface area contributed by atoms with E-state index in [1.54, 1.807) is 0 Å². The van der Waals surface area contributed by atoms with Gasteiger partial charge in [-0.3, -0.25) is 9.59 Å². The molecule has 1 N–H and O–H groups in total. The monoisotopic (exact) mass is 709 g/mol. The molecule has 0 aliphatic rings. The maximum absolute atomic E-state index is 12.0. The summed E-state index contributed by atoms with van der Waals surface area (Å²) in [5, 5.41) is 10.0. The van der Waals surface area contributed by atoms with E-state index in [-0.39, 0.29) is 25.2 Å². The standard InChI is InChI=1S/C45H88O5/c1-3-5-7-9-11-13-15-17-19-21-22-24-26-28-30-32-34-36-38-40-45(48)50-42-43(46)41-49-44(47)39-37-35-33-31-29-27-25-23-20-18-16-14-12-10-8-6-4-2/h43,46H,3-42H2,1-2H3. The Labute approximate surface area is 312 Å². The van der Waals surface area contributed by atoms with E-state index in [0.29, 0.717) is 12.8 Å².